The molecule has 0 bridgehead atoms. The fraction of sp³-hybridized carbons (Fsp3) is 0.143. The topological polar surface area (TPSA) is 46.2 Å². The molecule has 1 aromatic carbocycles. The molecular weight excluding hydrogens is 133 g/mol. The number of halogens is 1. The van der Waals surface area contributed by atoms with Gasteiger partial charge in [0.1, 0.15) is 11.6 Å². The van der Waals surface area contributed by atoms with E-state index in [4.69, 9.17) is 10.8 Å². The Labute approximate surface area is 58.1 Å². The number of nitrogen functional groups attached to an aromatic ring is 1. The summed E-state index contributed by atoms with van der Waals surface area (Å²) >= 11 is 0. The molecule has 0 saturated carbocycles. The second-order valence-corrected chi connectivity index (χ2v) is 2.11. The SMILES string of the molecule is Cc1c(F)ccc(O)c1N. The van der Waals surface area contributed by atoms with Gasteiger partial charge in [-0.05, 0) is 19.1 Å². The quantitative estimate of drug-likeness (QED) is 0.424. The van der Waals surface area contributed by atoms with Gasteiger partial charge in [-0.2, -0.15) is 0 Å². The van der Waals surface area contributed by atoms with E-state index in [9.17, 15) is 4.39 Å². The summed E-state index contributed by atoms with van der Waals surface area (Å²) < 4.78 is 12.6. The summed E-state index contributed by atoms with van der Waals surface area (Å²) in [7, 11) is 0. The van der Waals surface area contributed by atoms with Crippen molar-refractivity contribution in [3.05, 3.63) is 23.5 Å². The van der Waals surface area contributed by atoms with Gasteiger partial charge in [0.25, 0.3) is 0 Å². The monoisotopic (exact) mass is 141 g/mol. The smallest absolute Gasteiger partial charge is 0.138 e. The first-order valence-corrected chi connectivity index (χ1v) is 2.86. The highest BCUT2D eigenvalue weighted by molar-refractivity contribution is 5.57. The van der Waals surface area contributed by atoms with Gasteiger partial charge >= 0.3 is 0 Å². The van der Waals surface area contributed by atoms with Gasteiger partial charge in [-0.3, -0.25) is 0 Å². The molecule has 0 fully saturated rings. The van der Waals surface area contributed by atoms with Crippen LogP contribution in [-0.4, -0.2) is 5.11 Å². The minimum atomic E-state index is -0.393. The van der Waals surface area contributed by atoms with Gasteiger partial charge in [0.2, 0.25) is 0 Å². The molecule has 3 N–H and O–H groups in total. The van der Waals surface area contributed by atoms with Crippen molar-refractivity contribution in [1.29, 1.82) is 0 Å². The summed E-state index contributed by atoms with van der Waals surface area (Å²) in [4.78, 5) is 0. The third-order valence-electron chi connectivity index (χ3n) is 1.43. The Hall–Kier alpha value is -1.25. The Morgan fingerprint density at radius 2 is 2.10 bits per heavy atom. The lowest BCUT2D eigenvalue weighted by Crippen LogP contribution is -1.92. The summed E-state index contributed by atoms with van der Waals surface area (Å²) in [6.07, 6.45) is 0. The van der Waals surface area contributed by atoms with Gasteiger partial charge in [0.05, 0.1) is 5.69 Å². The largest absolute Gasteiger partial charge is 0.506 e. The lowest BCUT2D eigenvalue weighted by atomic mass is 10.2. The molecule has 0 amide bonds. The van der Waals surface area contributed by atoms with Crippen LogP contribution in [0.5, 0.6) is 5.75 Å². The van der Waals surface area contributed by atoms with E-state index in [1.807, 2.05) is 0 Å². The highest BCUT2D eigenvalue weighted by Crippen LogP contribution is 2.24. The van der Waals surface area contributed by atoms with E-state index >= 15 is 0 Å². The fourth-order valence-electron chi connectivity index (χ4n) is 0.688. The second-order valence-electron chi connectivity index (χ2n) is 2.11. The molecule has 0 aliphatic rings. The molecule has 2 nitrogen and oxygen atoms in total. The van der Waals surface area contributed by atoms with Crippen molar-refractivity contribution in [2.24, 2.45) is 0 Å². The molecule has 1 aromatic rings. The van der Waals surface area contributed by atoms with E-state index in [0.717, 1.165) is 0 Å². The summed E-state index contributed by atoms with van der Waals surface area (Å²) in [5.41, 5.74) is 5.70. The van der Waals surface area contributed by atoms with Crippen molar-refractivity contribution in [2.45, 2.75) is 6.92 Å². The number of hydrogen-bond acceptors (Lipinski definition) is 2. The Morgan fingerprint density at radius 1 is 1.50 bits per heavy atom. The van der Waals surface area contributed by atoms with E-state index in [0.29, 0.717) is 5.56 Å². The minimum absolute atomic E-state index is 0.0705. The van der Waals surface area contributed by atoms with Crippen LogP contribution in [0.1, 0.15) is 5.56 Å². The zero-order chi connectivity index (χ0) is 7.72. The number of rotatable bonds is 0. The second kappa shape index (κ2) is 2.17. The molecule has 0 aliphatic heterocycles. The van der Waals surface area contributed by atoms with E-state index in [1.54, 1.807) is 0 Å². The molecule has 0 atom stereocenters. The van der Waals surface area contributed by atoms with E-state index in [-0.39, 0.29) is 11.4 Å². The summed E-state index contributed by atoms with van der Waals surface area (Å²) in [5, 5.41) is 8.93. The first kappa shape index (κ1) is 6.86. The Kier molecular flexibility index (Phi) is 1.49. The standard InChI is InChI=1S/C7H8FNO/c1-4-5(8)2-3-6(10)7(4)9/h2-3,10H,9H2,1H3. The van der Waals surface area contributed by atoms with Crippen LogP contribution >= 0.6 is 0 Å². The molecule has 0 aliphatic carbocycles. The summed E-state index contributed by atoms with van der Waals surface area (Å²) in [6.45, 7) is 1.52. The van der Waals surface area contributed by atoms with E-state index in [2.05, 4.69) is 0 Å². The van der Waals surface area contributed by atoms with Gasteiger partial charge in [-0.1, -0.05) is 0 Å². The number of hydrogen-bond donors (Lipinski definition) is 2. The molecule has 54 valence electrons. The van der Waals surface area contributed by atoms with Crippen molar-refractivity contribution in [2.75, 3.05) is 5.73 Å². The fourth-order valence-corrected chi connectivity index (χ4v) is 0.688. The number of phenolic OH excluding ortho intramolecular Hbond substituents is 1. The molecule has 0 heterocycles. The van der Waals surface area contributed by atoms with E-state index in [1.165, 1.54) is 19.1 Å². The first-order chi connectivity index (χ1) is 4.63. The summed E-state index contributed by atoms with van der Waals surface area (Å²) in [6, 6.07) is 2.42. The van der Waals surface area contributed by atoms with Crippen LogP contribution in [0.2, 0.25) is 0 Å². The predicted octanol–water partition coefficient (Wildman–Crippen LogP) is 1.42. The summed E-state index contributed by atoms with van der Waals surface area (Å²) in [5.74, 6) is -0.464. The molecule has 0 unspecified atom stereocenters. The van der Waals surface area contributed by atoms with Gasteiger partial charge in [-0.25, -0.2) is 4.39 Å². The molecule has 0 radical (unpaired) electrons. The zero-order valence-electron chi connectivity index (χ0n) is 5.56. The van der Waals surface area contributed by atoms with Crippen LogP contribution in [0.3, 0.4) is 0 Å². The number of anilines is 1. The highest BCUT2D eigenvalue weighted by Gasteiger charge is 2.03. The van der Waals surface area contributed by atoms with Gasteiger partial charge < -0.3 is 10.8 Å². The minimum Gasteiger partial charge on any atom is -0.506 e. The lowest BCUT2D eigenvalue weighted by Gasteiger charge is -2.01. The average molecular weight is 141 g/mol. The molecule has 3 heteroatoms. The number of benzene rings is 1. The third kappa shape index (κ3) is 0.900. The lowest BCUT2D eigenvalue weighted by molar-refractivity contribution is 0.475. The Morgan fingerprint density at radius 3 is 2.60 bits per heavy atom. The van der Waals surface area contributed by atoms with Crippen molar-refractivity contribution in [3.63, 3.8) is 0 Å². The van der Waals surface area contributed by atoms with Crippen molar-refractivity contribution < 1.29 is 9.50 Å². The van der Waals surface area contributed by atoms with Crippen molar-refractivity contribution in [1.82, 2.24) is 0 Å². The highest BCUT2D eigenvalue weighted by atomic mass is 19.1. The molecule has 10 heavy (non-hydrogen) atoms. The average Bonchev–Trinajstić information content (AvgIpc) is 1.93. The molecule has 0 saturated heterocycles. The van der Waals surface area contributed by atoms with Crippen LogP contribution in [0, 0.1) is 12.7 Å². The maximum absolute atomic E-state index is 12.6. The number of aromatic hydroxyl groups is 1. The van der Waals surface area contributed by atoms with Gasteiger partial charge in [0, 0.05) is 5.56 Å². The van der Waals surface area contributed by atoms with Crippen LogP contribution < -0.4 is 5.73 Å². The Bertz CT molecular complexity index is 233. The van der Waals surface area contributed by atoms with Crippen LogP contribution in [0.4, 0.5) is 10.1 Å². The zero-order valence-corrected chi connectivity index (χ0v) is 5.56. The third-order valence-corrected chi connectivity index (χ3v) is 1.43. The van der Waals surface area contributed by atoms with Crippen molar-refractivity contribution in [3.8, 4) is 5.75 Å². The van der Waals surface area contributed by atoms with Crippen LogP contribution in [-0.2, 0) is 0 Å². The predicted molar refractivity (Wildman–Crippen MR) is 37.2 cm³/mol. The van der Waals surface area contributed by atoms with Gasteiger partial charge in [-0.15, -0.1) is 0 Å². The first-order valence-electron chi connectivity index (χ1n) is 2.86. The number of nitrogens with two attached hydrogens (primary N) is 1. The van der Waals surface area contributed by atoms with Crippen LogP contribution in [0.25, 0.3) is 0 Å². The molecular formula is C7H8FNO. The molecule has 0 spiro atoms. The van der Waals surface area contributed by atoms with Crippen LogP contribution in [0.15, 0.2) is 12.1 Å². The van der Waals surface area contributed by atoms with E-state index < -0.39 is 5.82 Å². The molecule has 1 rings (SSSR count). The Balaban J connectivity index is 3.34. The maximum Gasteiger partial charge on any atom is 0.138 e. The van der Waals surface area contributed by atoms with Gasteiger partial charge in [0.15, 0.2) is 0 Å². The normalized spacial score (nSPS) is 9.80. The maximum atomic E-state index is 12.6. The number of phenols is 1. The van der Waals surface area contributed by atoms with Crippen molar-refractivity contribution >= 4 is 5.69 Å². The molecule has 0 aromatic heterocycles.